The molecular weight excluding hydrogens is 404 g/mol. The number of nitrogens with zero attached hydrogens (tertiary/aromatic N) is 3. The summed E-state index contributed by atoms with van der Waals surface area (Å²) >= 11 is 5.94. The molecule has 0 saturated carbocycles. The molecule has 1 N–H and O–H groups in total. The van der Waals surface area contributed by atoms with Crippen LogP contribution < -0.4 is 15.2 Å². The fourth-order valence-corrected chi connectivity index (χ4v) is 2.38. The van der Waals surface area contributed by atoms with Crippen molar-refractivity contribution in [2.24, 2.45) is 4.99 Å². The molecule has 2 aromatic rings. The number of ether oxygens (including phenoxy) is 1. The lowest BCUT2D eigenvalue weighted by Gasteiger charge is -2.20. The van der Waals surface area contributed by atoms with Crippen molar-refractivity contribution in [2.75, 3.05) is 18.0 Å². The quantitative estimate of drug-likeness (QED) is 0.419. The fraction of sp³-hybridized carbons (Fsp3) is 0.235. The van der Waals surface area contributed by atoms with E-state index in [0.29, 0.717) is 30.4 Å². The van der Waals surface area contributed by atoms with Gasteiger partial charge in [0.05, 0.1) is 30.2 Å². The molecule has 1 heterocycles. The van der Waals surface area contributed by atoms with Gasteiger partial charge in [-0.15, -0.1) is 0 Å². The molecule has 28 heavy (non-hydrogen) atoms. The number of alkyl halides is 3. The Bertz CT molecular complexity index is 928. The number of H-pyrrole nitrogens is 1. The highest BCUT2D eigenvalue weighted by atomic mass is 35.5. The number of aromatic nitrogens is 2. The Balaban J connectivity index is 2.01. The van der Waals surface area contributed by atoms with E-state index >= 15 is 0 Å². The maximum atomic E-state index is 13.2. The molecular formula is C17H15ClF4N4O2. The van der Waals surface area contributed by atoms with Gasteiger partial charge in [-0.05, 0) is 19.1 Å². The third kappa shape index (κ3) is 5.56. The zero-order valence-electron chi connectivity index (χ0n) is 14.5. The second kappa shape index (κ2) is 9.36. The van der Waals surface area contributed by atoms with Gasteiger partial charge in [-0.25, -0.2) is 9.49 Å². The lowest BCUT2D eigenvalue weighted by molar-refractivity contribution is -0.138. The van der Waals surface area contributed by atoms with Crippen molar-refractivity contribution in [1.29, 1.82) is 0 Å². The van der Waals surface area contributed by atoms with Crippen LogP contribution in [-0.2, 0) is 6.18 Å². The summed E-state index contributed by atoms with van der Waals surface area (Å²) in [5.41, 5.74) is -1.22. The molecule has 6 nitrogen and oxygen atoms in total. The van der Waals surface area contributed by atoms with Gasteiger partial charge in [0.2, 0.25) is 0 Å². The van der Waals surface area contributed by atoms with Gasteiger partial charge in [-0.1, -0.05) is 11.6 Å². The first kappa shape index (κ1) is 21.4. The van der Waals surface area contributed by atoms with E-state index in [1.807, 2.05) is 6.92 Å². The smallest absolute Gasteiger partial charge is 0.419 e. The van der Waals surface area contributed by atoms with Crippen LogP contribution in [0.2, 0.25) is 5.02 Å². The molecule has 0 radical (unpaired) electrons. The number of aliphatic imine (C=N–C) groups is 1. The maximum absolute atomic E-state index is 13.2. The molecule has 0 aliphatic carbocycles. The van der Waals surface area contributed by atoms with E-state index < -0.39 is 28.9 Å². The van der Waals surface area contributed by atoms with Crippen LogP contribution in [0.15, 0.2) is 46.6 Å². The molecule has 0 amide bonds. The highest BCUT2D eigenvalue weighted by molar-refractivity contribution is 6.33. The number of aromatic amines is 1. The van der Waals surface area contributed by atoms with Crippen LogP contribution in [-0.4, -0.2) is 29.5 Å². The molecule has 0 saturated heterocycles. The molecule has 1 aromatic carbocycles. The van der Waals surface area contributed by atoms with E-state index in [0.717, 1.165) is 12.5 Å². The number of benzene rings is 1. The Morgan fingerprint density at radius 3 is 2.82 bits per heavy atom. The van der Waals surface area contributed by atoms with E-state index in [2.05, 4.69) is 15.2 Å². The van der Waals surface area contributed by atoms with Gasteiger partial charge >= 0.3 is 6.18 Å². The summed E-state index contributed by atoms with van der Waals surface area (Å²) in [6, 6.07) is 1.93. The predicted octanol–water partition coefficient (Wildman–Crippen LogP) is 4.03. The van der Waals surface area contributed by atoms with Gasteiger partial charge in [-0.2, -0.15) is 18.3 Å². The molecule has 11 heteroatoms. The number of anilines is 1. The largest absolute Gasteiger partial charge is 0.463 e. The summed E-state index contributed by atoms with van der Waals surface area (Å²) in [6.07, 6.45) is 0.150. The second-order valence-electron chi connectivity index (χ2n) is 5.31. The Kier molecular flexibility index (Phi) is 7.16. The van der Waals surface area contributed by atoms with Gasteiger partial charge in [0.1, 0.15) is 22.9 Å². The molecule has 0 fully saturated rings. The molecule has 150 valence electrons. The molecule has 2 rings (SSSR count). The van der Waals surface area contributed by atoms with Crippen molar-refractivity contribution in [2.45, 2.75) is 13.1 Å². The van der Waals surface area contributed by atoms with E-state index in [9.17, 15) is 22.4 Å². The summed E-state index contributed by atoms with van der Waals surface area (Å²) in [4.78, 5) is 17.1. The van der Waals surface area contributed by atoms with Crippen LogP contribution in [0.5, 0.6) is 5.75 Å². The number of hydrogen-bond acceptors (Lipinski definition) is 5. The van der Waals surface area contributed by atoms with Crippen molar-refractivity contribution in [3.8, 4) is 5.75 Å². The molecule has 0 atom stereocenters. The maximum Gasteiger partial charge on any atom is 0.419 e. The lowest BCUT2D eigenvalue weighted by atomic mass is 10.2. The molecule has 0 bridgehead atoms. The van der Waals surface area contributed by atoms with Crippen LogP contribution in [0.3, 0.4) is 0 Å². The predicted molar refractivity (Wildman–Crippen MR) is 97.4 cm³/mol. The topological polar surface area (TPSA) is 70.6 Å². The fourth-order valence-electron chi connectivity index (χ4n) is 2.17. The Labute approximate surface area is 162 Å². The van der Waals surface area contributed by atoms with E-state index in [1.54, 1.807) is 4.90 Å². The first-order chi connectivity index (χ1) is 13.2. The van der Waals surface area contributed by atoms with E-state index in [4.69, 9.17) is 16.3 Å². The highest BCUT2D eigenvalue weighted by Crippen LogP contribution is 2.36. The summed E-state index contributed by atoms with van der Waals surface area (Å²) in [5.74, 6) is -1.53. The number of nitrogens with one attached hydrogen (secondary N) is 1. The van der Waals surface area contributed by atoms with Crippen molar-refractivity contribution < 1.29 is 22.3 Å². The summed E-state index contributed by atoms with van der Waals surface area (Å²) in [5, 5.41) is 5.86. The minimum atomic E-state index is -4.68. The van der Waals surface area contributed by atoms with E-state index in [-0.39, 0.29) is 11.6 Å². The standard InChI is InChI=1S/C17H15ClF4N4O2/c1-2-26(13-10-24-25-16(27)15(13)18)7-5-23-6-8-28-14-9-11(19)3-4-12(14)17(20,21)22/h3-6,8-10H,2,7H2,1H3,(H,25,27)/b8-6+,23-5+. The zero-order chi connectivity index (χ0) is 20.7. The van der Waals surface area contributed by atoms with Gasteiger partial charge in [0.25, 0.3) is 5.56 Å². The average molecular weight is 419 g/mol. The van der Waals surface area contributed by atoms with Crippen molar-refractivity contribution in [1.82, 2.24) is 10.2 Å². The minimum absolute atomic E-state index is 0.0186. The van der Waals surface area contributed by atoms with Gasteiger partial charge in [0.15, 0.2) is 0 Å². The molecule has 1 aromatic heterocycles. The SMILES string of the molecule is CCN(C/C=N/C=C/Oc1cc(F)ccc1C(F)(F)F)c1cn[nH]c(=O)c1Cl. The Morgan fingerprint density at radius 1 is 1.39 bits per heavy atom. The third-order valence-corrected chi connectivity index (χ3v) is 3.86. The lowest BCUT2D eigenvalue weighted by Crippen LogP contribution is -2.27. The molecule has 0 spiro atoms. The first-order valence-corrected chi connectivity index (χ1v) is 8.30. The van der Waals surface area contributed by atoms with Gasteiger partial charge < -0.3 is 9.64 Å². The number of halogens is 5. The monoisotopic (exact) mass is 418 g/mol. The van der Waals surface area contributed by atoms with Crippen LogP contribution >= 0.6 is 11.6 Å². The number of hydrogen-bond donors (Lipinski definition) is 1. The molecule has 0 aliphatic heterocycles. The summed E-state index contributed by atoms with van der Waals surface area (Å²) in [7, 11) is 0. The van der Waals surface area contributed by atoms with Crippen LogP contribution in [0.4, 0.5) is 23.2 Å². The first-order valence-electron chi connectivity index (χ1n) is 7.92. The van der Waals surface area contributed by atoms with Gasteiger partial charge in [0, 0.05) is 18.8 Å². The van der Waals surface area contributed by atoms with Crippen molar-refractivity contribution in [3.05, 3.63) is 63.6 Å². The molecule has 0 aliphatic rings. The van der Waals surface area contributed by atoms with Crippen LogP contribution in [0.25, 0.3) is 0 Å². The van der Waals surface area contributed by atoms with Crippen molar-refractivity contribution in [3.63, 3.8) is 0 Å². The van der Waals surface area contributed by atoms with Crippen LogP contribution in [0, 0.1) is 5.82 Å². The zero-order valence-corrected chi connectivity index (χ0v) is 15.3. The van der Waals surface area contributed by atoms with Crippen molar-refractivity contribution >= 4 is 23.5 Å². The minimum Gasteiger partial charge on any atom is -0.463 e. The van der Waals surface area contributed by atoms with Gasteiger partial charge in [-0.3, -0.25) is 9.79 Å². The Hall–Kier alpha value is -2.88. The third-order valence-electron chi connectivity index (χ3n) is 3.50. The van der Waals surface area contributed by atoms with E-state index in [1.165, 1.54) is 12.4 Å². The summed E-state index contributed by atoms with van der Waals surface area (Å²) in [6.45, 7) is 2.57. The average Bonchev–Trinajstić information content (AvgIpc) is 2.63. The summed E-state index contributed by atoms with van der Waals surface area (Å²) < 4.78 is 56.6. The highest BCUT2D eigenvalue weighted by Gasteiger charge is 2.34. The van der Waals surface area contributed by atoms with Crippen LogP contribution in [0.1, 0.15) is 12.5 Å². The normalized spacial score (nSPS) is 12.1. The second-order valence-corrected chi connectivity index (χ2v) is 5.69. The number of rotatable bonds is 7. The molecule has 0 unspecified atom stereocenters. The Morgan fingerprint density at radius 2 is 2.14 bits per heavy atom.